The van der Waals surface area contributed by atoms with Gasteiger partial charge in [0.1, 0.15) is 5.75 Å². The maximum Gasteiger partial charge on any atom is 0.261 e. The monoisotopic (exact) mass is 382 g/mol. The lowest BCUT2D eigenvalue weighted by Crippen LogP contribution is -2.30. The molecule has 0 aliphatic carbocycles. The summed E-state index contributed by atoms with van der Waals surface area (Å²) >= 11 is 6.11. The summed E-state index contributed by atoms with van der Waals surface area (Å²) in [7, 11) is -2.27. The molecule has 0 atom stereocenters. The Hall–Kier alpha value is -2.25. The second-order valence-corrected chi connectivity index (χ2v) is 7.69. The van der Waals surface area contributed by atoms with Crippen LogP contribution in [0.1, 0.15) is 24.2 Å². The molecule has 0 saturated heterocycles. The van der Waals surface area contributed by atoms with Gasteiger partial charge < -0.3 is 10.1 Å². The molecule has 0 fully saturated rings. The summed E-state index contributed by atoms with van der Waals surface area (Å²) in [5.74, 6) is 0.243. The van der Waals surface area contributed by atoms with Crippen LogP contribution in [0.3, 0.4) is 0 Å². The van der Waals surface area contributed by atoms with Crippen LogP contribution in [0.15, 0.2) is 47.4 Å². The summed E-state index contributed by atoms with van der Waals surface area (Å²) in [4.78, 5) is 12.1. The number of carbonyl (C=O) groups excluding carboxylic acids is 1. The Morgan fingerprint density at radius 3 is 2.28 bits per heavy atom. The molecule has 134 valence electrons. The van der Waals surface area contributed by atoms with E-state index in [-0.39, 0.29) is 33.1 Å². The first-order valence-electron chi connectivity index (χ1n) is 7.50. The molecule has 0 radical (unpaired) electrons. The van der Waals surface area contributed by atoms with Gasteiger partial charge in [0.15, 0.2) is 0 Å². The van der Waals surface area contributed by atoms with Crippen molar-refractivity contribution >= 4 is 33.2 Å². The molecule has 2 aromatic carbocycles. The van der Waals surface area contributed by atoms with Gasteiger partial charge in [-0.1, -0.05) is 11.6 Å². The van der Waals surface area contributed by atoms with E-state index in [0.29, 0.717) is 5.75 Å². The third-order valence-corrected chi connectivity index (χ3v) is 4.97. The van der Waals surface area contributed by atoms with Crippen LogP contribution in [0.4, 0.5) is 5.69 Å². The molecule has 2 aromatic rings. The van der Waals surface area contributed by atoms with E-state index in [1.165, 1.54) is 37.4 Å². The normalized spacial score (nSPS) is 11.2. The molecule has 8 heteroatoms. The number of sulfonamides is 1. The van der Waals surface area contributed by atoms with E-state index in [4.69, 9.17) is 16.3 Å². The minimum Gasteiger partial charge on any atom is -0.497 e. The van der Waals surface area contributed by atoms with Gasteiger partial charge in [-0.25, -0.2) is 8.42 Å². The minimum atomic E-state index is -3.77. The number of nitrogens with one attached hydrogen (secondary N) is 2. The Balaban J connectivity index is 2.21. The first kappa shape index (κ1) is 19.1. The summed E-state index contributed by atoms with van der Waals surface area (Å²) in [6.45, 7) is 3.67. The van der Waals surface area contributed by atoms with Crippen LogP contribution in [0.5, 0.6) is 5.75 Å². The van der Waals surface area contributed by atoms with Crippen LogP contribution < -0.4 is 14.8 Å². The third kappa shape index (κ3) is 4.87. The highest BCUT2D eigenvalue weighted by molar-refractivity contribution is 7.92. The summed E-state index contributed by atoms with van der Waals surface area (Å²) in [5.41, 5.74) is 0.546. The Bertz CT molecular complexity index is 865. The first-order valence-corrected chi connectivity index (χ1v) is 9.36. The van der Waals surface area contributed by atoms with E-state index in [0.717, 1.165) is 0 Å². The van der Waals surface area contributed by atoms with E-state index >= 15 is 0 Å². The molecule has 0 aromatic heterocycles. The quantitative estimate of drug-likeness (QED) is 0.802. The number of hydrogen-bond donors (Lipinski definition) is 2. The van der Waals surface area contributed by atoms with Gasteiger partial charge >= 0.3 is 0 Å². The molecule has 0 heterocycles. The van der Waals surface area contributed by atoms with Crippen molar-refractivity contribution in [3.63, 3.8) is 0 Å². The fourth-order valence-electron chi connectivity index (χ4n) is 2.07. The molecule has 6 nitrogen and oxygen atoms in total. The van der Waals surface area contributed by atoms with Gasteiger partial charge in [-0.3, -0.25) is 9.52 Å². The lowest BCUT2D eigenvalue weighted by Gasteiger charge is -2.12. The van der Waals surface area contributed by atoms with Crippen molar-refractivity contribution < 1.29 is 17.9 Å². The van der Waals surface area contributed by atoms with E-state index in [1.807, 2.05) is 13.8 Å². The van der Waals surface area contributed by atoms with Crippen LogP contribution in [0.25, 0.3) is 0 Å². The van der Waals surface area contributed by atoms with Crippen molar-refractivity contribution in [3.8, 4) is 5.75 Å². The van der Waals surface area contributed by atoms with Crippen LogP contribution in [-0.4, -0.2) is 27.5 Å². The molecule has 0 unspecified atom stereocenters. The predicted molar refractivity (Wildman–Crippen MR) is 97.9 cm³/mol. The van der Waals surface area contributed by atoms with Crippen LogP contribution >= 0.6 is 11.6 Å². The summed E-state index contributed by atoms with van der Waals surface area (Å²) in [5, 5.41) is 2.89. The Labute approximate surface area is 152 Å². The number of rotatable bonds is 6. The number of carbonyl (C=O) groups is 1. The Morgan fingerprint density at radius 1 is 1.12 bits per heavy atom. The van der Waals surface area contributed by atoms with Gasteiger partial charge in [0.05, 0.1) is 28.3 Å². The molecule has 0 bridgehead atoms. The number of hydrogen-bond acceptors (Lipinski definition) is 4. The number of benzene rings is 2. The second kappa shape index (κ2) is 7.76. The lowest BCUT2D eigenvalue weighted by molar-refractivity contribution is 0.0943. The molecule has 25 heavy (non-hydrogen) atoms. The molecular formula is C17H19ClN2O4S. The van der Waals surface area contributed by atoms with Gasteiger partial charge in [0, 0.05) is 6.04 Å². The van der Waals surface area contributed by atoms with Crippen LogP contribution in [0.2, 0.25) is 5.02 Å². The van der Waals surface area contributed by atoms with Gasteiger partial charge in [0.25, 0.3) is 15.9 Å². The Morgan fingerprint density at radius 2 is 1.76 bits per heavy atom. The fraction of sp³-hybridized carbons (Fsp3) is 0.235. The fourth-order valence-corrected chi connectivity index (χ4v) is 3.39. The number of amides is 1. The van der Waals surface area contributed by atoms with Crippen LogP contribution in [-0.2, 0) is 10.0 Å². The van der Waals surface area contributed by atoms with Crippen molar-refractivity contribution in [2.24, 2.45) is 0 Å². The molecule has 0 spiro atoms. The zero-order valence-electron chi connectivity index (χ0n) is 14.0. The van der Waals surface area contributed by atoms with Crippen molar-refractivity contribution in [2.75, 3.05) is 11.8 Å². The molecule has 0 saturated carbocycles. The SMILES string of the molecule is COc1ccc(S(=O)(=O)Nc2ccc(C(=O)NC(C)C)c(Cl)c2)cc1. The average molecular weight is 383 g/mol. The molecule has 2 rings (SSSR count). The van der Waals surface area contributed by atoms with E-state index < -0.39 is 10.0 Å². The highest BCUT2D eigenvalue weighted by Gasteiger charge is 2.16. The number of ether oxygens (including phenoxy) is 1. The van der Waals surface area contributed by atoms with E-state index in [2.05, 4.69) is 10.0 Å². The van der Waals surface area contributed by atoms with Crippen molar-refractivity contribution in [1.82, 2.24) is 5.32 Å². The van der Waals surface area contributed by atoms with Gasteiger partial charge in [-0.05, 0) is 56.3 Å². The van der Waals surface area contributed by atoms with Gasteiger partial charge in [0.2, 0.25) is 0 Å². The zero-order valence-corrected chi connectivity index (χ0v) is 15.6. The van der Waals surface area contributed by atoms with Crippen molar-refractivity contribution in [3.05, 3.63) is 53.1 Å². The average Bonchev–Trinajstić information content (AvgIpc) is 2.54. The number of halogens is 1. The molecule has 1 amide bonds. The van der Waals surface area contributed by atoms with Gasteiger partial charge in [-0.15, -0.1) is 0 Å². The minimum absolute atomic E-state index is 0.0307. The summed E-state index contributed by atoms with van der Waals surface area (Å²) in [6.07, 6.45) is 0. The van der Waals surface area contributed by atoms with Crippen molar-refractivity contribution in [1.29, 1.82) is 0 Å². The molecule has 2 N–H and O–H groups in total. The maximum atomic E-state index is 12.4. The number of methoxy groups -OCH3 is 1. The summed E-state index contributed by atoms with van der Waals surface area (Å²) in [6, 6.07) is 10.3. The largest absolute Gasteiger partial charge is 0.497 e. The van der Waals surface area contributed by atoms with Crippen LogP contribution in [0, 0.1) is 0 Å². The standard InChI is InChI=1S/C17H19ClN2O4S/c1-11(2)19-17(21)15-9-4-12(10-16(15)18)20-25(22,23)14-7-5-13(24-3)6-8-14/h4-11,20H,1-3H3,(H,19,21). The highest BCUT2D eigenvalue weighted by atomic mass is 35.5. The molecular weight excluding hydrogens is 364 g/mol. The predicted octanol–water partition coefficient (Wildman–Crippen LogP) is 3.29. The maximum absolute atomic E-state index is 12.4. The van der Waals surface area contributed by atoms with Crippen molar-refractivity contribution in [2.45, 2.75) is 24.8 Å². The third-order valence-electron chi connectivity index (χ3n) is 3.26. The highest BCUT2D eigenvalue weighted by Crippen LogP contribution is 2.24. The molecule has 0 aliphatic heterocycles. The van der Waals surface area contributed by atoms with Gasteiger partial charge in [-0.2, -0.15) is 0 Å². The number of anilines is 1. The first-order chi connectivity index (χ1) is 11.7. The van der Waals surface area contributed by atoms with E-state index in [9.17, 15) is 13.2 Å². The second-order valence-electron chi connectivity index (χ2n) is 5.60. The zero-order chi connectivity index (χ0) is 18.6. The molecule has 0 aliphatic rings. The topological polar surface area (TPSA) is 84.5 Å². The lowest BCUT2D eigenvalue weighted by atomic mass is 10.2. The Kier molecular flexibility index (Phi) is 5.92. The van der Waals surface area contributed by atoms with E-state index in [1.54, 1.807) is 12.1 Å². The smallest absolute Gasteiger partial charge is 0.261 e. The summed E-state index contributed by atoms with van der Waals surface area (Å²) < 4.78 is 32.2.